The number of carbonyl (C=O) groups excluding carboxylic acids is 1. The molecule has 1 atom stereocenters. The molecule has 0 aliphatic carbocycles. The summed E-state index contributed by atoms with van der Waals surface area (Å²) in [5.74, 6) is 0.126. The molecule has 1 aromatic carbocycles. The molecule has 0 saturated carbocycles. The Kier molecular flexibility index (Phi) is 6.36. The Hall–Kier alpha value is -0.870. The molecule has 1 unspecified atom stereocenters. The van der Waals surface area contributed by atoms with Crippen molar-refractivity contribution in [1.29, 1.82) is 0 Å². The standard InChI is InChI=1S/C14H20BrNO2/c1-11-5-4-6-12(7-11)8-14(17)16(2)9-13(15)10-18-3/h4-7,13H,8-10H2,1-3H3. The van der Waals surface area contributed by atoms with Crippen molar-refractivity contribution in [2.45, 2.75) is 18.2 Å². The number of nitrogens with zero attached hydrogens (tertiary/aromatic N) is 1. The number of halogens is 1. The molecule has 0 spiro atoms. The van der Waals surface area contributed by atoms with Crippen LogP contribution in [0, 0.1) is 6.92 Å². The van der Waals surface area contributed by atoms with Crippen molar-refractivity contribution in [3.05, 3.63) is 35.4 Å². The Morgan fingerprint density at radius 2 is 2.22 bits per heavy atom. The highest BCUT2D eigenvalue weighted by Gasteiger charge is 2.13. The fourth-order valence-electron chi connectivity index (χ4n) is 1.76. The molecule has 0 radical (unpaired) electrons. The van der Waals surface area contributed by atoms with Crippen LogP contribution in [-0.4, -0.2) is 42.9 Å². The molecule has 1 amide bonds. The highest BCUT2D eigenvalue weighted by Crippen LogP contribution is 2.08. The van der Waals surface area contributed by atoms with Crippen molar-refractivity contribution in [1.82, 2.24) is 4.90 Å². The number of aryl methyl sites for hydroxylation is 1. The lowest BCUT2D eigenvalue weighted by Gasteiger charge is -2.20. The fourth-order valence-corrected chi connectivity index (χ4v) is 2.46. The lowest BCUT2D eigenvalue weighted by Crippen LogP contribution is -2.34. The Labute approximate surface area is 117 Å². The number of likely N-dealkylation sites (N-methyl/N-ethyl adjacent to an activating group) is 1. The number of rotatable bonds is 6. The zero-order valence-electron chi connectivity index (χ0n) is 11.1. The van der Waals surface area contributed by atoms with E-state index in [0.717, 1.165) is 5.56 Å². The van der Waals surface area contributed by atoms with Gasteiger partial charge >= 0.3 is 0 Å². The summed E-state index contributed by atoms with van der Waals surface area (Å²) in [7, 11) is 3.48. The molecule has 0 heterocycles. The summed E-state index contributed by atoms with van der Waals surface area (Å²) >= 11 is 3.49. The third kappa shape index (κ3) is 5.19. The average Bonchev–Trinajstić information content (AvgIpc) is 2.29. The van der Waals surface area contributed by atoms with Gasteiger partial charge in [-0.05, 0) is 12.5 Å². The molecule has 3 nitrogen and oxygen atoms in total. The topological polar surface area (TPSA) is 29.5 Å². The third-order valence-corrected chi connectivity index (χ3v) is 3.24. The van der Waals surface area contributed by atoms with Crippen molar-refractivity contribution < 1.29 is 9.53 Å². The number of methoxy groups -OCH3 is 1. The number of hydrogen-bond donors (Lipinski definition) is 0. The van der Waals surface area contributed by atoms with Gasteiger partial charge in [0.15, 0.2) is 0 Å². The molecule has 4 heteroatoms. The largest absolute Gasteiger partial charge is 0.383 e. The van der Waals surface area contributed by atoms with Gasteiger partial charge in [0.05, 0.1) is 17.9 Å². The van der Waals surface area contributed by atoms with Gasteiger partial charge in [-0.15, -0.1) is 0 Å². The summed E-state index contributed by atoms with van der Waals surface area (Å²) in [5.41, 5.74) is 2.24. The van der Waals surface area contributed by atoms with Crippen LogP contribution in [0.5, 0.6) is 0 Å². The van der Waals surface area contributed by atoms with Crippen LogP contribution in [0.15, 0.2) is 24.3 Å². The summed E-state index contributed by atoms with van der Waals surface area (Å²) in [4.78, 5) is 13.9. The van der Waals surface area contributed by atoms with Crippen molar-refractivity contribution in [3.63, 3.8) is 0 Å². The van der Waals surface area contributed by atoms with E-state index in [0.29, 0.717) is 19.6 Å². The van der Waals surface area contributed by atoms with Crippen LogP contribution >= 0.6 is 15.9 Å². The zero-order valence-corrected chi connectivity index (χ0v) is 12.7. The summed E-state index contributed by atoms with van der Waals surface area (Å²) < 4.78 is 5.03. The predicted octanol–water partition coefficient (Wildman–Crippen LogP) is 2.41. The molecule has 0 fully saturated rings. The molecular formula is C14H20BrNO2. The molecule has 1 rings (SSSR count). The minimum atomic E-state index is 0.126. The first-order valence-corrected chi connectivity index (χ1v) is 6.87. The van der Waals surface area contributed by atoms with E-state index in [-0.39, 0.29) is 10.7 Å². The molecule has 0 aliphatic heterocycles. The fraction of sp³-hybridized carbons (Fsp3) is 0.500. The molecule has 1 aromatic rings. The average molecular weight is 314 g/mol. The Morgan fingerprint density at radius 1 is 1.50 bits per heavy atom. The molecule has 0 aliphatic rings. The maximum atomic E-state index is 12.0. The van der Waals surface area contributed by atoms with E-state index in [2.05, 4.69) is 15.9 Å². The molecule has 0 bridgehead atoms. The highest BCUT2D eigenvalue weighted by atomic mass is 79.9. The van der Waals surface area contributed by atoms with Gasteiger partial charge < -0.3 is 9.64 Å². The maximum Gasteiger partial charge on any atom is 0.226 e. The van der Waals surface area contributed by atoms with E-state index in [1.807, 2.05) is 38.2 Å². The van der Waals surface area contributed by atoms with Crippen molar-refractivity contribution in [3.8, 4) is 0 Å². The lowest BCUT2D eigenvalue weighted by molar-refractivity contribution is -0.129. The van der Waals surface area contributed by atoms with Crippen LogP contribution in [-0.2, 0) is 16.0 Å². The molecule has 18 heavy (non-hydrogen) atoms. The van der Waals surface area contributed by atoms with Gasteiger partial charge in [-0.2, -0.15) is 0 Å². The van der Waals surface area contributed by atoms with Gasteiger partial charge in [0, 0.05) is 20.7 Å². The van der Waals surface area contributed by atoms with E-state index in [1.165, 1.54) is 5.56 Å². The first-order valence-electron chi connectivity index (χ1n) is 5.95. The van der Waals surface area contributed by atoms with Crippen molar-refractivity contribution in [2.75, 3.05) is 27.3 Å². The second kappa shape index (κ2) is 7.54. The number of ether oxygens (including phenoxy) is 1. The van der Waals surface area contributed by atoms with Gasteiger partial charge in [-0.1, -0.05) is 45.8 Å². The minimum Gasteiger partial charge on any atom is -0.383 e. The van der Waals surface area contributed by atoms with Crippen LogP contribution in [0.1, 0.15) is 11.1 Å². The highest BCUT2D eigenvalue weighted by molar-refractivity contribution is 9.09. The van der Waals surface area contributed by atoms with E-state index in [1.54, 1.807) is 12.0 Å². The molecule has 100 valence electrons. The molecule has 0 N–H and O–H groups in total. The van der Waals surface area contributed by atoms with Gasteiger partial charge in [-0.25, -0.2) is 0 Å². The quantitative estimate of drug-likeness (QED) is 0.755. The van der Waals surface area contributed by atoms with Gasteiger partial charge in [0.25, 0.3) is 0 Å². The smallest absolute Gasteiger partial charge is 0.226 e. The molecular weight excluding hydrogens is 294 g/mol. The SMILES string of the molecule is COCC(Br)CN(C)C(=O)Cc1cccc(C)c1. The van der Waals surface area contributed by atoms with Crippen LogP contribution in [0.4, 0.5) is 0 Å². The van der Waals surface area contributed by atoms with E-state index >= 15 is 0 Å². The van der Waals surface area contributed by atoms with E-state index in [9.17, 15) is 4.79 Å². The van der Waals surface area contributed by atoms with Gasteiger partial charge in [-0.3, -0.25) is 4.79 Å². The lowest BCUT2D eigenvalue weighted by atomic mass is 10.1. The first-order chi connectivity index (χ1) is 8.52. The van der Waals surface area contributed by atoms with Crippen molar-refractivity contribution in [2.24, 2.45) is 0 Å². The maximum absolute atomic E-state index is 12.0. The van der Waals surface area contributed by atoms with E-state index < -0.39 is 0 Å². The Morgan fingerprint density at radius 3 is 2.83 bits per heavy atom. The van der Waals surface area contributed by atoms with Crippen LogP contribution in [0.25, 0.3) is 0 Å². The van der Waals surface area contributed by atoms with Crippen LogP contribution in [0.3, 0.4) is 0 Å². The normalized spacial score (nSPS) is 12.2. The first kappa shape index (κ1) is 15.2. The Bertz CT molecular complexity index is 395. The number of amides is 1. The van der Waals surface area contributed by atoms with Crippen LogP contribution < -0.4 is 0 Å². The van der Waals surface area contributed by atoms with Crippen molar-refractivity contribution >= 4 is 21.8 Å². The minimum absolute atomic E-state index is 0.126. The van der Waals surface area contributed by atoms with Gasteiger partial charge in [0.2, 0.25) is 5.91 Å². The number of hydrogen-bond acceptors (Lipinski definition) is 2. The van der Waals surface area contributed by atoms with Crippen LogP contribution in [0.2, 0.25) is 0 Å². The molecule has 0 aromatic heterocycles. The second-order valence-corrected chi connectivity index (χ2v) is 5.79. The summed E-state index contributed by atoms with van der Waals surface area (Å²) in [6.07, 6.45) is 0.449. The monoisotopic (exact) mass is 313 g/mol. The number of benzene rings is 1. The summed E-state index contributed by atoms with van der Waals surface area (Å²) in [6, 6.07) is 8.05. The summed E-state index contributed by atoms with van der Waals surface area (Å²) in [6.45, 7) is 3.28. The zero-order chi connectivity index (χ0) is 13.5. The predicted molar refractivity (Wildman–Crippen MR) is 77.1 cm³/mol. The third-order valence-electron chi connectivity index (χ3n) is 2.68. The van der Waals surface area contributed by atoms with Gasteiger partial charge in [0.1, 0.15) is 0 Å². The summed E-state index contributed by atoms with van der Waals surface area (Å²) in [5, 5.41) is 0. The number of alkyl halides is 1. The second-order valence-electron chi connectivity index (χ2n) is 4.49. The Balaban J connectivity index is 2.49. The molecule has 0 saturated heterocycles. The van der Waals surface area contributed by atoms with E-state index in [4.69, 9.17) is 4.74 Å². The number of carbonyl (C=O) groups is 1.